The van der Waals surface area contributed by atoms with Gasteiger partial charge in [0.1, 0.15) is 0 Å². The molecule has 0 aliphatic carbocycles. The molecule has 4 nitrogen and oxygen atoms in total. The number of hydrogen-bond acceptors (Lipinski definition) is 3. The molecule has 0 bridgehead atoms. The van der Waals surface area contributed by atoms with Crippen molar-refractivity contribution in [3.8, 4) is 0 Å². The first kappa shape index (κ1) is 14.2. The largest absolute Gasteiger partial charge is 0.386 e. The van der Waals surface area contributed by atoms with E-state index in [0.29, 0.717) is 15.6 Å². The minimum absolute atomic E-state index is 0.0418. The number of carbonyl (C=O) groups excluding carboxylic acids is 1. The fourth-order valence-corrected chi connectivity index (χ4v) is 2.37. The van der Waals surface area contributed by atoms with E-state index in [1.165, 1.54) is 6.21 Å². The molecule has 0 spiro atoms. The summed E-state index contributed by atoms with van der Waals surface area (Å²) in [6, 6.07) is 5.17. The Kier molecular flexibility index (Phi) is 5.05. The first-order valence-electron chi connectivity index (χ1n) is 6.05. The molecule has 1 saturated heterocycles. The lowest BCUT2D eigenvalue weighted by Crippen LogP contribution is -2.30. The molecule has 1 aliphatic rings. The SMILES string of the molecule is O=C(CON=Cc1c(Cl)cccc1Cl)N1CCCC1. The van der Waals surface area contributed by atoms with Gasteiger partial charge in [-0.25, -0.2) is 0 Å². The van der Waals surface area contributed by atoms with E-state index in [1.54, 1.807) is 23.1 Å². The second-order valence-corrected chi connectivity index (χ2v) is 5.05. The van der Waals surface area contributed by atoms with Crippen LogP contribution < -0.4 is 0 Å². The van der Waals surface area contributed by atoms with Crippen LogP contribution in [0.5, 0.6) is 0 Å². The van der Waals surface area contributed by atoms with E-state index in [0.717, 1.165) is 25.9 Å². The molecule has 6 heteroatoms. The Hall–Kier alpha value is -1.26. The summed E-state index contributed by atoms with van der Waals surface area (Å²) >= 11 is 11.9. The molecule has 0 unspecified atom stereocenters. The van der Waals surface area contributed by atoms with Crippen molar-refractivity contribution in [2.45, 2.75) is 12.8 Å². The lowest BCUT2D eigenvalue weighted by Gasteiger charge is -2.13. The van der Waals surface area contributed by atoms with Crippen LogP contribution in [0.15, 0.2) is 23.4 Å². The summed E-state index contributed by atoms with van der Waals surface area (Å²) < 4.78 is 0. The van der Waals surface area contributed by atoms with Crippen molar-refractivity contribution in [2.24, 2.45) is 5.16 Å². The van der Waals surface area contributed by atoms with Crippen LogP contribution in [0.4, 0.5) is 0 Å². The van der Waals surface area contributed by atoms with Crippen molar-refractivity contribution in [1.82, 2.24) is 4.90 Å². The van der Waals surface area contributed by atoms with Crippen molar-refractivity contribution in [3.63, 3.8) is 0 Å². The molecule has 0 N–H and O–H groups in total. The third-order valence-electron chi connectivity index (χ3n) is 2.90. The van der Waals surface area contributed by atoms with E-state index in [-0.39, 0.29) is 12.5 Å². The molecule has 1 aromatic rings. The summed E-state index contributed by atoms with van der Waals surface area (Å²) in [7, 11) is 0. The van der Waals surface area contributed by atoms with E-state index in [4.69, 9.17) is 28.0 Å². The molecule has 1 aromatic carbocycles. The van der Waals surface area contributed by atoms with E-state index >= 15 is 0 Å². The van der Waals surface area contributed by atoms with Crippen molar-refractivity contribution in [3.05, 3.63) is 33.8 Å². The molecule has 102 valence electrons. The Labute approximate surface area is 121 Å². The molecule has 1 heterocycles. The molecule has 0 radical (unpaired) electrons. The molecule has 1 aliphatic heterocycles. The Morgan fingerprint density at radius 3 is 2.58 bits per heavy atom. The van der Waals surface area contributed by atoms with Gasteiger partial charge in [0.15, 0.2) is 6.61 Å². The second kappa shape index (κ2) is 6.78. The van der Waals surface area contributed by atoms with Gasteiger partial charge in [-0.2, -0.15) is 0 Å². The van der Waals surface area contributed by atoms with E-state index in [1.807, 2.05) is 0 Å². The Morgan fingerprint density at radius 2 is 1.95 bits per heavy atom. The first-order valence-corrected chi connectivity index (χ1v) is 6.81. The molecule has 1 amide bonds. The fourth-order valence-electron chi connectivity index (χ4n) is 1.87. The summed E-state index contributed by atoms with van der Waals surface area (Å²) in [4.78, 5) is 18.4. The highest BCUT2D eigenvalue weighted by molar-refractivity contribution is 6.38. The predicted molar refractivity (Wildman–Crippen MR) is 75.8 cm³/mol. The zero-order chi connectivity index (χ0) is 13.7. The maximum atomic E-state index is 11.7. The number of benzene rings is 1. The topological polar surface area (TPSA) is 41.9 Å². The number of hydrogen-bond donors (Lipinski definition) is 0. The molecule has 2 rings (SSSR count). The maximum Gasteiger partial charge on any atom is 0.263 e. The van der Waals surface area contributed by atoms with Crippen molar-refractivity contribution in [1.29, 1.82) is 0 Å². The molecule has 0 atom stereocenters. The predicted octanol–water partition coefficient (Wildman–Crippen LogP) is 2.97. The number of carbonyl (C=O) groups is 1. The van der Waals surface area contributed by atoms with E-state index in [2.05, 4.69) is 5.16 Å². The van der Waals surface area contributed by atoms with Crippen LogP contribution >= 0.6 is 23.2 Å². The van der Waals surface area contributed by atoms with Crippen LogP contribution in [0.1, 0.15) is 18.4 Å². The first-order chi connectivity index (χ1) is 9.18. The summed E-state index contributed by atoms with van der Waals surface area (Å²) in [5.41, 5.74) is 0.583. The lowest BCUT2D eigenvalue weighted by molar-refractivity contribution is -0.134. The highest BCUT2D eigenvalue weighted by Crippen LogP contribution is 2.22. The number of likely N-dealkylation sites (tertiary alicyclic amines) is 1. The summed E-state index contributed by atoms with van der Waals surface area (Å²) in [5, 5.41) is 4.72. The number of halogens is 2. The maximum absolute atomic E-state index is 11.7. The highest BCUT2D eigenvalue weighted by Gasteiger charge is 2.17. The van der Waals surface area contributed by atoms with Crippen LogP contribution in [-0.2, 0) is 9.63 Å². The highest BCUT2D eigenvalue weighted by atomic mass is 35.5. The zero-order valence-electron chi connectivity index (χ0n) is 10.3. The minimum Gasteiger partial charge on any atom is -0.386 e. The molecule has 1 fully saturated rings. The van der Waals surface area contributed by atoms with E-state index in [9.17, 15) is 4.79 Å². The van der Waals surface area contributed by atoms with Crippen LogP contribution in [0.25, 0.3) is 0 Å². The van der Waals surface area contributed by atoms with Gasteiger partial charge < -0.3 is 9.74 Å². The third-order valence-corrected chi connectivity index (χ3v) is 3.56. The number of rotatable bonds is 4. The lowest BCUT2D eigenvalue weighted by atomic mass is 10.2. The quantitative estimate of drug-likeness (QED) is 0.634. The summed E-state index contributed by atoms with van der Waals surface area (Å²) in [5.74, 6) is -0.0418. The van der Waals surface area contributed by atoms with Crippen molar-refractivity contribution < 1.29 is 9.63 Å². The minimum atomic E-state index is -0.0570. The molecular weight excluding hydrogens is 287 g/mol. The van der Waals surface area contributed by atoms with Gasteiger partial charge >= 0.3 is 0 Å². The van der Waals surface area contributed by atoms with E-state index < -0.39 is 0 Å². The van der Waals surface area contributed by atoms with Gasteiger partial charge in [-0.05, 0) is 25.0 Å². The van der Waals surface area contributed by atoms with Crippen molar-refractivity contribution >= 4 is 35.3 Å². The van der Waals surface area contributed by atoms with Gasteiger partial charge in [-0.3, -0.25) is 4.79 Å². The van der Waals surface area contributed by atoms with Gasteiger partial charge in [0.25, 0.3) is 5.91 Å². The van der Waals surface area contributed by atoms with Gasteiger partial charge in [0, 0.05) is 18.7 Å². The molecular formula is C13H14Cl2N2O2. The normalized spacial score (nSPS) is 15.2. The molecule has 0 saturated carbocycles. The smallest absolute Gasteiger partial charge is 0.263 e. The average Bonchev–Trinajstić information content (AvgIpc) is 2.91. The standard InChI is InChI=1S/C13H14Cl2N2O2/c14-11-4-3-5-12(15)10(11)8-16-19-9-13(18)17-6-1-2-7-17/h3-5,8H,1-2,6-7,9H2. The van der Waals surface area contributed by atoms with Gasteiger partial charge in [0.05, 0.1) is 16.3 Å². The Bertz CT molecular complexity index is 465. The van der Waals surface area contributed by atoms with Gasteiger partial charge in [-0.1, -0.05) is 34.4 Å². The zero-order valence-corrected chi connectivity index (χ0v) is 11.8. The fraction of sp³-hybridized carbons (Fsp3) is 0.385. The van der Waals surface area contributed by atoms with Crippen LogP contribution in [0, 0.1) is 0 Å². The Balaban J connectivity index is 1.85. The number of oxime groups is 1. The molecule has 0 aromatic heterocycles. The summed E-state index contributed by atoms with van der Waals surface area (Å²) in [6.45, 7) is 1.56. The number of amides is 1. The third kappa shape index (κ3) is 3.85. The van der Waals surface area contributed by atoms with Crippen molar-refractivity contribution in [2.75, 3.05) is 19.7 Å². The Morgan fingerprint density at radius 1 is 1.32 bits per heavy atom. The summed E-state index contributed by atoms with van der Waals surface area (Å²) in [6.07, 6.45) is 3.54. The second-order valence-electron chi connectivity index (χ2n) is 4.23. The van der Waals surface area contributed by atoms with Gasteiger partial charge in [-0.15, -0.1) is 0 Å². The number of nitrogens with zero attached hydrogens (tertiary/aromatic N) is 2. The van der Waals surface area contributed by atoms with Crippen LogP contribution in [-0.4, -0.2) is 36.7 Å². The molecule has 19 heavy (non-hydrogen) atoms. The average molecular weight is 301 g/mol. The van der Waals surface area contributed by atoms with Gasteiger partial charge in [0.2, 0.25) is 0 Å². The van der Waals surface area contributed by atoms with Crippen LogP contribution in [0.2, 0.25) is 10.0 Å². The monoisotopic (exact) mass is 300 g/mol. The van der Waals surface area contributed by atoms with Crippen LogP contribution in [0.3, 0.4) is 0 Å².